The Morgan fingerprint density at radius 1 is 1.62 bits per heavy atom. The summed E-state index contributed by atoms with van der Waals surface area (Å²) in [7, 11) is 0. The highest BCUT2D eigenvalue weighted by Crippen LogP contribution is 2.18. The third kappa shape index (κ3) is 2.56. The molecule has 0 atom stereocenters. The number of aromatic nitrogens is 2. The van der Waals surface area contributed by atoms with Crippen LogP contribution in [0.4, 0.5) is 0 Å². The van der Waals surface area contributed by atoms with Crippen LogP contribution in [0, 0.1) is 0 Å². The van der Waals surface area contributed by atoms with E-state index in [1.165, 1.54) is 18.4 Å². The van der Waals surface area contributed by atoms with Crippen molar-refractivity contribution in [3.8, 4) is 0 Å². The van der Waals surface area contributed by atoms with Crippen LogP contribution in [0.3, 0.4) is 0 Å². The van der Waals surface area contributed by atoms with E-state index in [9.17, 15) is 0 Å². The highest BCUT2D eigenvalue weighted by Gasteiger charge is 2.19. The maximum absolute atomic E-state index is 4.24. The molecule has 72 valence electrons. The Labute approximate surface area is 79.1 Å². The van der Waals surface area contributed by atoms with Crippen LogP contribution in [0.2, 0.25) is 0 Å². The van der Waals surface area contributed by atoms with Crippen molar-refractivity contribution in [3.05, 3.63) is 18.0 Å². The van der Waals surface area contributed by atoms with Gasteiger partial charge in [0.15, 0.2) is 0 Å². The van der Waals surface area contributed by atoms with Gasteiger partial charge in [-0.25, -0.2) is 0 Å². The molecule has 1 aliphatic rings. The van der Waals surface area contributed by atoms with Crippen molar-refractivity contribution in [1.29, 1.82) is 0 Å². The Hall–Kier alpha value is -0.830. The van der Waals surface area contributed by atoms with Gasteiger partial charge < -0.3 is 5.32 Å². The van der Waals surface area contributed by atoms with E-state index in [0.29, 0.717) is 0 Å². The molecule has 1 aliphatic carbocycles. The Morgan fingerprint density at radius 3 is 3.08 bits per heavy atom. The Kier molecular flexibility index (Phi) is 2.64. The van der Waals surface area contributed by atoms with Crippen LogP contribution in [-0.4, -0.2) is 22.4 Å². The quantitative estimate of drug-likeness (QED) is 0.736. The number of aryl methyl sites for hydroxylation is 1. The van der Waals surface area contributed by atoms with Gasteiger partial charge in [-0.2, -0.15) is 5.10 Å². The first-order chi connectivity index (χ1) is 6.38. The summed E-state index contributed by atoms with van der Waals surface area (Å²) in [4.78, 5) is 0. The number of rotatable bonds is 5. The third-order valence-corrected chi connectivity index (χ3v) is 2.43. The van der Waals surface area contributed by atoms with Crippen molar-refractivity contribution in [2.45, 2.75) is 38.8 Å². The first kappa shape index (κ1) is 8.75. The third-order valence-electron chi connectivity index (χ3n) is 2.43. The smallest absolute Gasteiger partial charge is 0.0522 e. The van der Waals surface area contributed by atoms with E-state index in [1.807, 2.05) is 10.9 Å². The van der Waals surface area contributed by atoms with Gasteiger partial charge >= 0.3 is 0 Å². The first-order valence-corrected chi connectivity index (χ1v) is 5.13. The average molecular weight is 179 g/mol. The number of hydrogen-bond acceptors (Lipinski definition) is 2. The highest BCUT2D eigenvalue weighted by molar-refractivity contribution is 5.04. The average Bonchev–Trinajstić information content (AvgIpc) is 2.84. The topological polar surface area (TPSA) is 29.9 Å². The van der Waals surface area contributed by atoms with Crippen LogP contribution < -0.4 is 5.32 Å². The molecule has 0 unspecified atom stereocenters. The van der Waals surface area contributed by atoms with Gasteiger partial charge in [0.25, 0.3) is 0 Å². The zero-order valence-corrected chi connectivity index (χ0v) is 8.16. The lowest BCUT2D eigenvalue weighted by molar-refractivity contribution is 0.656. The predicted molar refractivity (Wildman–Crippen MR) is 52.6 cm³/mol. The van der Waals surface area contributed by atoms with Crippen molar-refractivity contribution < 1.29 is 0 Å². The molecule has 0 spiro atoms. The fourth-order valence-corrected chi connectivity index (χ4v) is 1.42. The Morgan fingerprint density at radius 2 is 2.46 bits per heavy atom. The molecule has 1 saturated carbocycles. The van der Waals surface area contributed by atoms with Gasteiger partial charge in [0.2, 0.25) is 0 Å². The van der Waals surface area contributed by atoms with E-state index in [1.54, 1.807) is 0 Å². The molecule has 0 amide bonds. The maximum atomic E-state index is 4.24. The summed E-state index contributed by atoms with van der Waals surface area (Å²) in [5.41, 5.74) is 1.34. The van der Waals surface area contributed by atoms with Gasteiger partial charge in [0, 0.05) is 18.8 Å². The Balaban J connectivity index is 1.72. The predicted octanol–water partition coefficient (Wildman–Crippen LogP) is 1.20. The van der Waals surface area contributed by atoms with Crippen LogP contribution in [-0.2, 0) is 13.0 Å². The van der Waals surface area contributed by atoms with Gasteiger partial charge in [-0.05, 0) is 38.3 Å². The summed E-state index contributed by atoms with van der Waals surface area (Å²) in [6, 6.07) is 0.821. The molecule has 1 fully saturated rings. The lowest BCUT2D eigenvalue weighted by Crippen LogP contribution is -2.18. The number of hydrogen-bond donors (Lipinski definition) is 1. The van der Waals surface area contributed by atoms with Gasteiger partial charge in [-0.1, -0.05) is 0 Å². The van der Waals surface area contributed by atoms with Crippen LogP contribution >= 0.6 is 0 Å². The van der Waals surface area contributed by atoms with Crippen LogP contribution in [0.5, 0.6) is 0 Å². The summed E-state index contributed by atoms with van der Waals surface area (Å²) in [5.74, 6) is 0. The molecule has 0 aromatic carbocycles. The van der Waals surface area contributed by atoms with Crippen LogP contribution in [0.15, 0.2) is 12.4 Å². The van der Waals surface area contributed by atoms with Crippen LogP contribution in [0.1, 0.15) is 25.3 Å². The summed E-state index contributed by atoms with van der Waals surface area (Å²) >= 11 is 0. The van der Waals surface area contributed by atoms with E-state index in [-0.39, 0.29) is 0 Å². The molecule has 0 aliphatic heterocycles. The van der Waals surface area contributed by atoms with Crippen molar-refractivity contribution in [2.24, 2.45) is 0 Å². The van der Waals surface area contributed by atoms with Crippen molar-refractivity contribution in [1.82, 2.24) is 15.1 Å². The SMILES string of the molecule is CCn1cc(CCNC2CC2)cn1. The fourth-order valence-electron chi connectivity index (χ4n) is 1.42. The first-order valence-electron chi connectivity index (χ1n) is 5.13. The molecule has 1 heterocycles. The molecule has 2 rings (SSSR count). The minimum atomic E-state index is 0.821. The number of nitrogens with one attached hydrogen (secondary N) is 1. The second kappa shape index (κ2) is 3.92. The van der Waals surface area contributed by atoms with Gasteiger partial charge in [-0.15, -0.1) is 0 Å². The van der Waals surface area contributed by atoms with E-state index in [0.717, 1.165) is 25.6 Å². The van der Waals surface area contributed by atoms with Gasteiger partial charge in [0.05, 0.1) is 6.20 Å². The van der Waals surface area contributed by atoms with Crippen molar-refractivity contribution >= 4 is 0 Å². The van der Waals surface area contributed by atoms with E-state index < -0.39 is 0 Å². The highest BCUT2D eigenvalue weighted by atomic mass is 15.3. The molecule has 3 heteroatoms. The van der Waals surface area contributed by atoms with E-state index in [2.05, 4.69) is 23.5 Å². The molecule has 1 N–H and O–H groups in total. The summed E-state index contributed by atoms with van der Waals surface area (Å²) in [6.07, 6.45) is 7.95. The van der Waals surface area contributed by atoms with Gasteiger partial charge in [-0.3, -0.25) is 4.68 Å². The molecular weight excluding hydrogens is 162 g/mol. The molecule has 0 saturated heterocycles. The molecule has 0 bridgehead atoms. The zero-order chi connectivity index (χ0) is 9.10. The molecule has 13 heavy (non-hydrogen) atoms. The normalized spacial score (nSPS) is 16.4. The minimum absolute atomic E-state index is 0.821. The van der Waals surface area contributed by atoms with Crippen molar-refractivity contribution in [3.63, 3.8) is 0 Å². The monoisotopic (exact) mass is 179 g/mol. The molecule has 3 nitrogen and oxygen atoms in total. The van der Waals surface area contributed by atoms with Crippen LogP contribution in [0.25, 0.3) is 0 Å². The lowest BCUT2D eigenvalue weighted by atomic mass is 10.2. The van der Waals surface area contributed by atoms with E-state index >= 15 is 0 Å². The fraction of sp³-hybridized carbons (Fsp3) is 0.700. The summed E-state index contributed by atoms with van der Waals surface area (Å²) in [6.45, 7) is 4.18. The minimum Gasteiger partial charge on any atom is -0.314 e. The molecule has 1 aromatic heterocycles. The summed E-state index contributed by atoms with van der Waals surface area (Å²) in [5, 5.41) is 7.73. The number of nitrogens with zero attached hydrogens (tertiary/aromatic N) is 2. The van der Waals surface area contributed by atoms with E-state index in [4.69, 9.17) is 0 Å². The largest absolute Gasteiger partial charge is 0.314 e. The maximum Gasteiger partial charge on any atom is 0.0522 e. The second-order valence-corrected chi connectivity index (χ2v) is 3.68. The van der Waals surface area contributed by atoms with Crippen molar-refractivity contribution in [2.75, 3.05) is 6.54 Å². The Bertz CT molecular complexity index is 263. The zero-order valence-electron chi connectivity index (χ0n) is 8.16. The van der Waals surface area contributed by atoms with Gasteiger partial charge in [0.1, 0.15) is 0 Å². The summed E-state index contributed by atoms with van der Waals surface area (Å²) < 4.78 is 1.98. The molecular formula is C10H17N3. The second-order valence-electron chi connectivity index (χ2n) is 3.68. The standard InChI is InChI=1S/C10H17N3/c1-2-13-8-9(7-12-13)5-6-11-10-3-4-10/h7-8,10-11H,2-6H2,1H3. The molecule has 1 aromatic rings. The lowest BCUT2D eigenvalue weighted by Gasteiger charge is -1.99. The molecule has 0 radical (unpaired) electrons.